The molecule has 198 valence electrons. The average molecular weight is 506 g/mol. The van der Waals surface area contributed by atoms with Gasteiger partial charge in [0.2, 0.25) is 5.78 Å². The van der Waals surface area contributed by atoms with Gasteiger partial charge in [-0.25, -0.2) is 0 Å². The first kappa shape index (κ1) is 26.5. The average Bonchev–Trinajstić information content (AvgIpc) is 3.08. The summed E-state index contributed by atoms with van der Waals surface area (Å²) in [5, 5.41) is 32.3. The molecule has 3 saturated carbocycles. The number of carbonyl (C=O) groups is 3. The molecular formula is C26H35NO9. The summed E-state index contributed by atoms with van der Waals surface area (Å²) in [4.78, 5) is 51.6. The van der Waals surface area contributed by atoms with Crippen LogP contribution in [0.3, 0.4) is 0 Å². The van der Waals surface area contributed by atoms with Crippen LogP contribution in [0.1, 0.15) is 65.2 Å². The summed E-state index contributed by atoms with van der Waals surface area (Å²) < 4.78 is 5.13. The molecule has 0 aliphatic heterocycles. The number of Topliss-reactive ketones (excluding diaryl/α,β-unsaturated/α-hetero) is 1. The number of hydrogen-bond donors (Lipinski definition) is 2. The van der Waals surface area contributed by atoms with Gasteiger partial charge < -0.3 is 19.8 Å². The Morgan fingerprint density at radius 1 is 1.25 bits per heavy atom. The number of ether oxygens (including phenoxy) is 1. The topological polar surface area (TPSA) is 153 Å². The zero-order chi connectivity index (χ0) is 26.3. The van der Waals surface area contributed by atoms with Crippen LogP contribution >= 0.6 is 0 Å². The van der Waals surface area contributed by atoms with Gasteiger partial charge in [0, 0.05) is 23.2 Å². The SMILES string of the molecule is C[C@]12C=CC(=O)C=C1CC[C@@H]1[C@@H]2[C@@H](O)C[C@@]2(C)[C@H]1CC[C@]2(O)C(=O)COC(=O)CCCCO[N+](=O)[O-]. The highest BCUT2D eigenvalue weighted by molar-refractivity contribution is 6.01. The highest BCUT2D eigenvalue weighted by atomic mass is 16.9. The van der Waals surface area contributed by atoms with Crippen molar-refractivity contribution in [2.24, 2.45) is 28.6 Å². The first-order chi connectivity index (χ1) is 16.9. The van der Waals surface area contributed by atoms with E-state index < -0.39 is 46.0 Å². The molecular weight excluding hydrogens is 470 g/mol. The molecule has 3 fully saturated rings. The van der Waals surface area contributed by atoms with E-state index in [0.717, 1.165) is 18.4 Å². The molecule has 0 saturated heterocycles. The molecule has 4 aliphatic carbocycles. The third-order valence-corrected chi connectivity index (χ3v) is 9.45. The lowest BCUT2D eigenvalue weighted by atomic mass is 9.46. The zero-order valence-corrected chi connectivity index (χ0v) is 20.8. The molecule has 10 nitrogen and oxygen atoms in total. The van der Waals surface area contributed by atoms with Gasteiger partial charge in [0.25, 0.3) is 5.09 Å². The molecule has 4 rings (SSSR count). The fourth-order valence-corrected chi connectivity index (χ4v) is 7.64. The van der Waals surface area contributed by atoms with E-state index in [4.69, 9.17) is 4.74 Å². The van der Waals surface area contributed by atoms with Crippen LogP contribution in [0.5, 0.6) is 0 Å². The summed E-state index contributed by atoms with van der Waals surface area (Å²) in [5.74, 6) is -1.21. The van der Waals surface area contributed by atoms with E-state index >= 15 is 0 Å². The second kappa shape index (κ2) is 9.70. The quantitative estimate of drug-likeness (QED) is 0.208. The minimum Gasteiger partial charge on any atom is -0.458 e. The van der Waals surface area contributed by atoms with Gasteiger partial charge in [0.15, 0.2) is 12.4 Å². The number of ketones is 2. The fourth-order valence-electron chi connectivity index (χ4n) is 7.64. The van der Waals surface area contributed by atoms with E-state index in [0.29, 0.717) is 19.3 Å². The molecule has 0 aromatic carbocycles. The maximum Gasteiger partial charge on any atom is 0.306 e. The van der Waals surface area contributed by atoms with Crippen molar-refractivity contribution in [3.05, 3.63) is 33.9 Å². The van der Waals surface area contributed by atoms with Gasteiger partial charge >= 0.3 is 5.97 Å². The van der Waals surface area contributed by atoms with Gasteiger partial charge in [-0.15, -0.1) is 10.1 Å². The van der Waals surface area contributed by atoms with Gasteiger partial charge in [-0.05, 0) is 68.9 Å². The maximum atomic E-state index is 13.2. The Balaban J connectivity index is 1.41. The summed E-state index contributed by atoms with van der Waals surface area (Å²) in [6, 6.07) is 0. The smallest absolute Gasteiger partial charge is 0.306 e. The molecule has 7 atom stereocenters. The molecule has 0 heterocycles. The third-order valence-electron chi connectivity index (χ3n) is 9.45. The summed E-state index contributed by atoms with van der Waals surface area (Å²) in [6.45, 7) is 3.27. The standard InChI is InChI=1S/C26H35NO9/c1-24-10-8-17(28)13-16(24)6-7-18-19-9-11-26(32,25(19,2)14-20(29)23(18)24)21(30)15-35-22(31)5-3-4-12-36-27(33)34/h8,10,13,18-20,23,29,32H,3-7,9,11-12,14-15H2,1-2H3/t18-,19-,20-,23+,24-,25-,26-/m0/s1. The second-order valence-corrected chi connectivity index (χ2v) is 11.2. The number of allylic oxidation sites excluding steroid dienone is 4. The number of carbonyl (C=O) groups excluding carboxylic acids is 3. The lowest BCUT2D eigenvalue weighted by molar-refractivity contribution is -0.757. The highest BCUT2D eigenvalue weighted by Gasteiger charge is 2.68. The van der Waals surface area contributed by atoms with Gasteiger partial charge in [-0.1, -0.05) is 25.5 Å². The van der Waals surface area contributed by atoms with Crippen molar-refractivity contribution in [1.82, 2.24) is 0 Å². The van der Waals surface area contributed by atoms with Crippen LogP contribution in [0.4, 0.5) is 0 Å². The van der Waals surface area contributed by atoms with Crippen molar-refractivity contribution in [3.63, 3.8) is 0 Å². The molecule has 0 amide bonds. The van der Waals surface area contributed by atoms with Crippen molar-refractivity contribution in [1.29, 1.82) is 0 Å². The number of nitrogens with zero attached hydrogens (tertiary/aromatic N) is 1. The van der Waals surface area contributed by atoms with Gasteiger partial charge in [0.1, 0.15) is 5.60 Å². The van der Waals surface area contributed by atoms with Crippen LogP contribution in [-0.2, 0) is 24.0 Å². The molecule has 10 heteroatoms. The predicted molar refractivity (Wildman–Crippen MR) is 126 cm³/mol. The van der Waals surface area contributed by atoms with Crippen molar-refractivity contribution in [2.45, 2.75) is 76.9 Å². The Labute approximate surface area is 209 Å². The third kappa shape index (κ3) is 4.38. The van der Waals surface area contributed by atoms with Crippen LogP contribution in [0.2, 0.25) is 0 Å². The first-order valence-corrected chi connectivity index (χ1v) is 12.7. The summed E-state index contributed by atoms with van der Waals surface area (Å²) in [7, 11) is 0. The van der Waals surface area contributed by atoms with Crippen LogP contribution in [0.15, 0.2) is 23.8 Å². The zero-order valence-electron chi connectivity index (χ0n) is 20.8. The summed E-state index contributed by atoms with van der Waals surface area (Å²) >= 11 is 0. The fraction of sp³-hybridized carbons (Fsp3) is 0.731. The van der Waals surface area contributed by atoms with Crippen molar-refractivity contribution < 1.29 is 39.3 Å². The normalized spacial score (nSPS) is 38.9. The minimum atomic E-state index is -1.71. The Morgan fingerprint density at radius 2 is 2.00 bits per heavy atom. The minimum absolute atomic E-state index is 0.0143. The van der Waals surface area contributed by atoms with Crippen LogP contribution in [-0.4, -0.2) is 57.8 Å². The summed E-state index contributed by atoms with van der Waals surface area (Å²) in [6.07, 6.45) is 7.67. The highest BCUT2D eigenvalue weighted by Crippen LogP contribution is 2.67. The number of aliphatic hydroxyl groups excluding tert-OH is 1. The van der Waals surface area contributed by atoms with Crippen molar-refractivity contribution >= 4 is 17.5 Å². The predicted octanol–water partition coefficient (Wildman–Crippen LogP) is 2.49. The van der Waals surface area contributed by atoms with Gasteiger partial charge in [-0.3, -0.25) is 14.4 Å². The van der Waals surface area contributed by atoms with E-state index in [9.17, 15) is 34.7 Å². The Kier molecular flexibility index (Phi) is 7.13. The second-order valence-electron chi connectivity index (χ2n) is 11.2. The molecule has 0 spiro atoms. The number of aliphatic hydroxyl groups is 2. The van der Waals surface area contributed by atoms with Crippen molar-refractivity contribution in [2.75, 3.05) is 13.2 Å². The molecule has 4 aliphatic rings. The van der Waals surface area contributed by atoms with Gasteiger partial charge in [0.05, 0.1) is 12.7 Å². The Bertz CT molecular complexity index is 1010. The molecule has 36 heavy (non-hydrogen) atoms. The van der Waals surface area contributed by atoms with Gasteiger partial charge in [-0.2, -0.15) is 0 Å². The lowest BCUT2D eigenvalue weighted by Crippen LogP contribution is -2.61. The largest absolute Gasteiger partial charge is 0.458 e. The molecule has 0 aromatic heterocycles. The van der Waals surface area contributed by atoms with Crippen LogP contribution in [0, 0.1) is 38.7 Å². The number of rotatable bonds is 9. The maximum absolute atomic E-state index is 13.2. The number of esters is 1. The van der Waals surface area contributed by atoms with Crippen LogP contribution in [0.25, 0.3) is 0 Å². The van der Waals surface area contributed by atoms with E-state index in [1.807, 2.05) is 13.0 Å². The van der Waals surface area contributed by atoms with E-state index in [1.165, 1.54) is 0 Å². The monoisotopic (exact) mass is 505 g/mol. The van der Waals surface area contributed by atoms with E-state index in [-0.39, 0.29) is 49.4 Å². The van der Waals surface area contributed by atoms with E-state index in [2.05, 4.69) is 11.8 Å². The molecule has 0 radical (unpaired) electrons. The molecule has 0 unspecified atom stereocenters. The molecule has 0 bridgehead atoms. The molecule has 2 N–H and O–H groups in total. The van der Waals surface area contributed by atoms with Crippen molar-refractivity contribution in [3.8, 4) is 0 Å². The number of hydrogen-bond acceptors (Lipinski definition) is 9. The lowest BCUT2D eigenvalue weighted by Gasteiger charge is -2.59. The Morgan fingerprint density at radius 3 is 2.72 bits per heavy atom. The number of unbranched alkanes of at least 4 members (excludes halogenated alkanes) is 1. The number of fused-ring (bicyclic) bond motifs is 5. The van der Waals surface area contributed by atoms with Crippen LogP contribution < -0.4 is 0 Å². The summed E-state index contributed by atoms with van der Waals surface area (Å²) in [5.41, 5.74) is -1.95. The first-order valence-electron chi connectivity index (χ1n) is 12.7. The Hall–Kier alpha value is -2.59. The molecule has 0 aromatic rings. The van der Waals surface area contributed by atoms with E-state index in [1.54, 1.807) is 12.2 Å².